The third kappa shape index (κ3) is 4.86. The fourth-order valence-electron chi connectivity index (χ4n) is 3.94. The van der Waals surface area contributed by atoms with Gasteiger partial charge in [0.1, 0.15) is 16.4 Å². The molecule has 1 aliphatic carbocycles. The second-order valence-corrected chi connectivity index (χ2v) is 10.7. The molecule has 1 fully saturated rings. The summed E-state index contributed by atoms with van der Waals surface area (Å²) < 4.78 is 11.7. The number of nitrogens with one attached hydrogen (secondary N) is 2. The molecule has 1 saturated carbocycles. The quantitative estimate of drug-likeness (QED) is 0.231. The van der Waals surface area contributed by atoms with Gasteiger partial charge in [0, 0.05) is 44.5 Å². The van der Waals surface area contributed by atoms with Crippen molar-refractivity contribution in [3.8, 4) is 0 Å². The molecule has 0 heterocycles. The van der Waals surface area contributed by atoms with Crippen LogP contribution in [0, 0.1) is 11.2 Å². The molecule has 0 bridgehead atoms. The highest BCUT2D eigenvalue weighted by Gasteiger charge is 2.76. The minimum atomic E-state index is -1.39. The van der Waals surface area contributed by atoms with E-state index in [0.29, 0.717) is 38.3 Å². The molecule has 10 heteroatoms. The van der Waals surface area contributed by atoms with Gasteiger partial charge in [-0.3, -0.25) is 4.79 Å². The van der Waals surface area contributed by atoms with E-state index in [9.17, 15) is 14.0 Å². The number of carbonyl (C=O) groups is 2. The summed E-state index contributed by atoms with van der Waals surface area (Å²) in [5, 5.41) is 6.88. The molecule has 0 radical (unpaired) electrons. The average Bonchev–Trinajstić information content (AvgIpc) is 3.27. The molecule has 4 nitrogen and oxygen atoms in total. The number of aldehydes is 1. The van der Waals surface area contributed by atoms with Crippen molar-refractivity contribution in [2.45, 2.75) is 10.3 Å². The molecule has 0 spiro atoms. The average molecular weight is 561 g/mol. The van der Waals surface area contributed by atoms with Crippen LogP contribution >= 0.6 is 58.0 Å². The van der Waals surface area contributed by atoms with E-state index in [1.165, 1.54) is 30.3 Å². The highest BCUT2D eigenvalue weighted by atomic mass is 35.5. The summed E-state index contributed by atoms with van der Waals surface area (Å²) in [6, 6.07) is 14.9. The van der Waals surface area contributed by atoms with Crippen LogP contribution in [0.25, 0.3) is 0 Å². The predicted octanol–water partition coefficient (Wildman–Crippen LogP) is 7.61. The first-order chi connectivity index (χ1) is 16.1. The van der Waals surface area contributed by atoms with Gasteiger partial charge < -0.3 is 15.4 Å². The Bertz CT molecular complexity index is 1250. The lowest BCUT2D eigenvalue weighted by Gasteiger charge is -2.15. The lowest BCUT2D eigenvalue weighted by Crippen LogP contribution is -2.23. The van der Waals surface area contributed by atoms with E-state index in [1.54, 1.807) is 30.3 Å². The van der Waals surface area contributed by atoms with Crippen molar-refractivity contribution < 1.29 is 14.0 Å². The zero-order valence-electron chi connectivity index (χ0n) is 17.2. The van der Waals surface area contributed by atoms with Crippen LogP contribution in [0.2, 0.25) is 15.1 Å². The molecule has 34 heavy (non-hydrogen) atoms. The first kappa shape index (κ1) is 25.1. The van der Waals surface area contributed by atoms with E-state index in [4.69, 9.17) is 58.0 Å². The number of halogens is 6. The summed E-state index contributed by atoms with van der Waals surface area (Å²) in [7, 11) is 0. The number of carbonyl (C=O) groups excluding carboxylic acids is 2. The molecule has 176 valence electrons. The molecule has 4 rings (SSSR count). The van der Waals surface area contributed by atoms with Gasteiger partial charge >= 0.3 is 0 Å². The van der Waals surface area contributed by atoms with E-state index in [0.717, 1.165) is 0 Å². The standard InChI is InChI=1S/C24H16Cl5FN2O2/c25-15-5-13(6-16(26)9-15)21-23(12-33,24(21,28)29)11-31-20-8-14(7-17(27)10-20)22(34)32-19-3-1-18(30)2-4-19/h1-10,12,21,31H,11H2,(H,32,34). The van der Waals surface area contributed by atoms with E-state index >= 15 is 0 Å². The van der Waals surface area contributed by atoms with Crippen LogP contribution in [0.15, 0.2) is 60.7 Å². The largest absolute Gasteiger partial charge is 0.384 e. The summed E-state index contributed by atoms with van der Waals surface area (Å²) >= 11 is 31.5. The molecule has 2 atom stereocenters. The van der Waals surface area contributed by atoms with E-state index in [2.05, 4.69) is 10.6 Å². The zero-order chi connectivity index (χ0) is 24.7. The molecule has 1 amide bonds. The van der Waals surface area contributed by atoms with Crippen LogP contribution in [-0.2, 0) is 4.79 Å². The summed E-state index contributed by atoms with van der Waals surface area (Å²) in [4.78, 5) is 24.8. The molecule has 2 N–H and O–H groups in total. The number of anilines is 2. The summed E-state index contributed by atoms with van der Waals surface area (Å²) in [6.45, 7) is 0.0671. The number of rotatable bonds is 7. The van der Waals surface area contributed by atoms with Gasteiger partial charge in [0.15, 0.2) is 0 Å². The summed E-state index contributed by atoms with van der Waals surface area (Å²) in [6.07, 6.45) is 0.714. The zero-order valence-corrected chi connectivity index (χ0v) is 21.0. The Hall–Kier alpha value is -2.02. The van der Waals surface area contributed by atoms with E-state index in [1.807, 2.05) is 0 Å². The third-order valence-corrected chi connectivity index (χ3v) is 7.49. The van der Waals surface area contributed by atoms with Crippen LogP contribution in [-0.4, -0.2) is 23.1 Å². The number of benzene rings is 3. The highest BCUT2D eigenvalue weighted by molar-refractivity contribution is 6.54. The van der Waals surface area contributed by atoms with Crippen LogP contribution in [0.5, 0.6) is 0 Å². The van der Waals surface area contributed by atoms with Crippen molar-refractivity contribution in [3.63, 3.8) is 0 Å². The monoisotopic (exact) mass is 558 g/mol. The number of alkyl halides is 2. The second-order valence-electron chi connectivity index (χ2n) is 7.96. The molecule has 1 aliphatic rings. The smallest absolute Gasteiger partial charge is 0.255 e. The molecule has 0 aromatic heterocycles. The second kappa shape index (κ2) is 9.56. The van der Waals surface area contributed by atoms with Gasteiger partial charge in [0.25, 0.3) is 5.91 Å². The van der Waals surface area contributed by atoms with Crippen molar-refractivity contribution >= 4 is 81.6 Å². The Morgan fingerprint density at radius 2 is 1.53 bits per heavy atom. The Balaban J connectivity index is 1.53. The first-order valence-electron chi connectivity index (χ1n) is 9.97. The number of hydrogen-bond donors (Lipinski definition) is 2. The van der Waals surface area contributed by atoms with Crippen molar-refractivity contribution in [2.75, 3.05) is 17.2 Å². The SMILES string of the molecule is O=CC1(CNc2cc(Cl)cc(C(=O)Nc3ccc(F)cc3)c2)C(c2cc(Cl)cc(Cl)c2)C1(Cl)Cl. The molecular weight excluding hydrogens is 545 g/mol. The van der Waals surface area contributed by atoms with E-state index in [-0.39, 0.29) is 12.1 Å². The van der Waals surface area contributed by atoms with Gasteiger partial charge in [-0.1, -0.05) is 58.0 Å². The minimum Gasteiger partial charge on any atom is -0.384 e. The Morgan fingerprint density at radius 3 is 2.15 bits per heavy atom. The van der Waals surface area contributed by atoms with Crippen LogP contribution in [0.3, 0.4) is 0 Å². The maximum atomic E-state index is 13.1. The first-order valence-corrected chi connectivity index (χ1v) is 11.9. The molecular formula is C24H16Cl5FN2O2. The maximum absolute atomic E-state index is 13.1. The Labute approximate surface area is 220 Å². The van der Waals surface area contributed by atoms with Crippen molar-refractivity contribution in [1.82, 2.24) is 0 Å². The third-order valence-electron chi connectivity index (χ3n) is 5.69. The topological polar surface area (TPSA) is 58.2 Å². The lowest BCUT2D eigenvalue weighted by atomic mass is 10.00. The highest BCUT2D eigenvalue weighted by Crippen LogP contribution is 2.73. The fourth-order valence-corrected chi connectivity index (χ4v) is 5.69. The Kier molecular flexibility index (Phi) is 7.05. The van der Waals surface area contributed by atoms with Gasteiger partial charge in [0.05, 0.1) is 5.41 Å². The Morgan fingerprint density at radius 1 is 0.912 bits per heavy atom. The van der Waals surface area contributed by atoms with Gasteiger partial charge in [-0.25, -0.2) is 4.39 Å². The van der Waals surface area contributed by atoms with Crippen molar-refractivity contribution in [1.29, 1.82) is 0 Å². The van der Waals surface area contributed by atoms with Crippen LogP contribution in [0.1, 0.15) is 21.8 Å². The van der Waals surface area contributed by atoms with Gasteiger partial charge in [-0.15, -0.1) is 0 Å². The lowest BCUT2D eigenvalue weighted by molar-refractivity contribution is -0.112. The van der Waals surface area contributed by atoms with Crippen LogP contribution in [0.4, 0.5) is 15.8 Å². The summed E-state index contributed by atoms with van der Waals surface area (Å²) in [5.41, 5.74) is 0.647. The maximum Gasteiger partial charge on any atom is 0.255 e. The van der Waals surface area contributed by atoms with Crippen molar-refractivity contribution in [2.24, 2.45) is 5.41 Å². The van der Waals surface area contributed by atoms with Crippen LogP contribution < -0.4 is 10.6 Å². The summed E-state index contributed by atoms with van der Waals surface area (Å²) in [5.74, 6) is -1.40. The fraction of sp³-hybridized carbons (Fsp3) is 0.167. The van der Waals surface area contributed by atoms with Crippen molar-refractivity contribution in [3.05, 3.63) is 92.7 Å². The molecule has 0 saturated heterocycles. The number of amides is 1. The van der Waals surface area contributed by atoms with Gasteiger partial charge in [-0.2, -0.15) is 0 Å². The molecule has 3 aromatic carbocycles. The number of hydrogen-bond acceptors (Lipinski definition) is 3. The van der Waals surface area contributed by atoms with Gasteiger partial charge in [-0.05, 0) is 66.2 Å². The predicted molar refractivity (Wildman–Crippen MR) is 136 cm³/mol. The molecule has 0 aliphatic heterocycles. The normalized spacial score (nSPS) is 20.5. The molecule has 2 unspecified atom stereocenters. The van der Waals surface area contributed by atoms with Gasteiger partial charge in [0.2, 0.25) is 0 Å². The molecule has 3 aromatic rings. The van der Waals surface area contributed by atoms with E-state index < -0.39 is 27.4 Å². The minimum absolute atomic E-state index is 0.0671.